The van der Waals surface area contributed by atoms with Gasteiger partial charge in [-0.15, -0.1) is 12.4 Å². The van der Waals surface area contributed by atoms with Crippen LogP contribution in [-0.4, -0.2) is 4.68 Å². The van der Waals surface area contributed by atoms with Gasteiger partial charge in [-0.25, -0.2) is 0 Å². The normalized spacial score (nSPS) is 8.43. The second-order valence-electron chi connectivity index (χ2n) is 3.19. The van der Waals surface area contributed by atoms with E-state index in [0.29, 0.717) is 0 Å². The lowest BCUT2D eigenvalue weighted by Crippen LogP contribution is -2.02. The van der Waals surface area contributed by atoms with Crippen LogP contribution in [0.2, 0.25) is 0 Å². The Hall–Kier alpha value is -0.630. The Balaban J connectivity index is 0. The van der Waals surface area contributed by atoms with Crippen LogP contribution in [0.25, 0.3) is 0 Å². The van der Waals surface area contributed by atoms with Crippen molar-refractivity contribution in [2.24, 2.45) is 0 Å². The van der Waals surface area contributed by atoms with Gasteiger partial charge in [0.15, 0.2) is 0 Å². The van der Waals surface area contributed by atoms with Crippen molar-refractivity contribution in [1.82, 2.24) is 4.68 Å². The molecule has 14 heavy (non-hydrogen) atoms. The van der Waals surface area contributed by atoms with E-state index in [9.17, 15) is 0 Å². The molecule has 0 saturated carbocycles. The molecule has 0 saturated heterocycles. The number of unbranched alkanes of at least 4 members (excludes halogenated alkanes) is 4. The van der Waals surface area contributed by atoms with Gasteiger partial charge in [-0.3, -0.25) is 4.68 Å². The summed E-state index contributed by atoms with van der Waals surface area (Å²) in [5, 5.41) is 0. The Morgan fingerprint density at radius 1 is 0.929 bits per heavy atom. The van der Waals surface area contributed by atoms with Crippen molar-refractivity contribution in [3.8, 4) is 0 Å². The predicted octanol–water partition coefficient (Wildman–Crippen LogP) is 3.60. The van der Waals surface area contributed by atoms with Gasteiger partial charge in [0.25, 0.3) is 0 Å². The molecule has 0 aliphatic heterocycles. The molecular formula is C11H23ClN2. The summed E-state index contributed by atoms with van der Waals surface area (Å²) in [7, 11) is 0. The van der Waals surface area contributed by atoms with Crippen molar-refractivity contribution in [2.45, 2.75) is 46.0 Å². The number of hydrogen-bond donors (Lipinski definition) is 1. The zero-order chi connectivity index (χ0) is 9.94. The van der Waals surface area contributed by atoms with Crippen molar-refractivity contribution >= 4 is 12.4 Å². The molecule has 2 N–H and O–H groups in total. The van der Waals surface area contributed by atoms with Crippen LogP contribution in [0.5, 0.6) is 0 Å². The number of aromatic nitrogens is 1. The Morgan fingerprint density at radius 2 is 1.36 bits per heavy atom. The highest BCUT2D eigenvalue weighted by atomic mass is 35.5. The van der Waals surface area contributed by atoms with E-state index in [1.165, 1.54) is 36.8 Å². The van der Waals surface area contributed by atoms with Gasteiger partial charge in [-0.05, 0) is 12.1 Å². The van der Waals surface area contributed by atoms with Gasteiger partial charge in [0.1, 0.15) is 0 Å². The maximum Gasteiger partial charge on any atom is 0.0256 e. The number of nitrogen functional groups attached to an aromatic ring is 1. The van der Waals surface area contributed by atoms with Gasteiger partial charge in [0.2, 0.25) is 0 Å². The van der Waals surface area contributed by atoms with Crippen LogP contribution >= 0.6 is 12.4 Å². The van der Waals surface area contributed by atoms with Gasteiger partial charge in [0, 0.05) is 12.4 Å². The monoisotopic (exact) mass is 218 g/mol. The van der Waals surface area contributed by atoms with Crippen molar-refractivity contribution in [1.29, 1.82) is 0 Å². The third kappa shape index (κ3) is 11.4. The lowest BCUT2D eigenvalue weighted by Gasteiger charge is -1.90. The van der Waals surface area contributed by atoms with Crippen LogP contribution < -0.4 is 5.84 Å². The minimum Gasteiger partial charge on any atom is -0.340 e. The highest BCUT2D eigenvalue weighted by Gasteiger charge is 1.80. The van der Waals surface area contributed by atoms with E-state index in [1.807, 2.05) is 12.1 Å². The van der Waals surface area contributed by atoms with Crippen LogP contribution in [0, 0.1) is 0 Å². The van der Waals surface area contributed by atoms with Crippen LogP contribution in [-0.2, 0) is 0 Å². The third-order valence-corrected chi connectivity index (χ3v) is 1.83. The fourth-order valence-corrected chi connectivity index (χ4v) is 1.02. The van der Waals surface area contributed by atoms with Crippen molar-refractivity contribution in [3.05, 3.63) is 24.5 Å². The van der Waals surface area contributed by atoms with Gasteiger partial charge in [-0.2, -0.15) is 0 Å². The first-order valence-electron chi connectivity index (χ1n) is 5.19. The molecule has 0 aromatic carbocycles. The molecule has 0 fully saturated rings. The van der Waals surface area contributed by atoms with Gasteiger partial charge < -0.3 is 5.84 Å². The minimum atomic E-state index is 0. The lowest BCUT2D eigenvalue weighted by molar-refractivity contribution is 0.656. The fourth-order valence-electron chi connectivity index (χ4n) is 1.02. The topological polar surface area (TPSA) is 30.9 Å². The van der Waals surface area contributed by atoms with Gasteiger partial charge in [0.05, 0.1) is 0 Å². The molecule has 0 spiro atoms. The Kier molecular flexibility index (Phi) is 14.0. The van der Waals surface area contributed by atoms with E-state index >= 15 is 0 Å². The SMILES string of the molecule is CCCCCCC.Cl.Nn1cccc1. The van der Waals surface area contributed by atoms with E-state index in [1.54, 1.807) is 12.4 Å². The molecule has 1 aromatic heterocycles. The summed E-state index contributed by atoms with van der Waals surface area (Å²) in [6.07, 6.45) is 10.6. The molecule has 1 heterocycles. The van der Waals surface area contributed by atoms with E-state index in [2.05, 4.69) is 13.8 Å². The Bertz CT molecular complexity index is 169. The molecule has 0 atom stereocenters. The number of nitrogens with zero attached hydrogens (tertiary/aromatic N) is 1. The average molecular weight is 219 g/mol. The Morgan fingerprint density at radius 3 is 1.57 bits per heavy atom. The smallest absolute Gasteiger partial charge is 0.0256 e. The maximum absolute atomic E-state index is 5.19. The number of halogens is 1. The van der Waals surface area contributed by atoms with E-state index in [-0.39, 0.29) is 12.4 Å². The fraction of sp³-hybridized carbons (Fsp3) is 0.636. The minimum absolute atomic E-state index is 0. The molecule has 84 valence electrons. The number of rotatable bonds is 4. The first kappa shape index (κ1) is 15.8. The first-order valence-corrected chi connectivity index (χ1v) is 5.19. The molecule has 0 radical (unpaired) electrons. The van der Waals surface area contributed by atoms with Crippen molar-refractivity contribution < 1.29 is 0 Å². The molecule has 0 aliphatic rings. The summed E-state index contributed by atoms with van der Waals surface area (Å²) in [5.41, 5.74) is 0. The van der Waals surface area contributed by atoms with Gasteiger partial charge in [-0.1, -0.05) is 46.0 Å². The Labute approximate surface area is 93.9 Å². The van der Waals surface area contributed by atoms with Crippen molar-refractivity contribution in [3.63, 3.8) is 0 Å². The second-order valence-corrected chi connectivity index (χ2v) is 3.19. The van der Waals surface area contributed by atoms with Crippen LogP contribution in [0.3, 0.4) is 0 Å². The summed E-state index contributed by atoms with van der Waals surface area (Å²) in [4.78, 5) is 0. The molecule has 3 heteroatoms. The summed E-state index contributed by atoms with van der Waals surface area (Å²) in [5.74, 6) is 5.19. The summed E-state index contributed by atoms with van der Waals surface area (Å²) >= 11 is 0. The second kappa shape index (κ2) is 12.4. The maximum atomic E-state index is 5.19. The summed E-state index contributed by atoms with van der Waals surface area (Å²) < 4.78 is 1.50. The largest absolute Gasteiger partial charge is 0.340 e. The summed E-state index contributed by atoms with van der Waals surface area (Å²) in [6.45, 7) is 4.49. The van der Waals surface area contributed by atoms with E-state index in [4.69, 9.17) is 5.84 Å². The quantitative estimate of drug-likeness (QED) is 0.608. The average Bonchev–Trinajstić information content (AvgIpc) is 2.58. The summed E-state index contributed by atoms with van der Waals surface area (Å²) in [6, 6.07) is 3.75. The van der Waals surface area contributed by atoms with Crippen LogP contribution in [0.1, 0.15) is 46.0 Å². The van der Waals surface area contributed by atoms with Crippen molar-refractivity contribution in [2.75, 3.05) is 5.84 Å². The van der Waals surface area contributed by atoms with Gasteiger partial charge >= 0.3 is 0 Å². The zero-order valence-electron chi connectivity index (χ0n) is 9.28. The highest BCUT2D eigenvalue weighted by Crippen LogP contribution is 2.00. The molecule has 1 rings (SSSR count). The molecular weight excluding hydrogens is 196 g/mol. The standard InChI is InChI=1S/C7H16.C4H6N2.ClH/c1-3-5-7-6-4-2;5-6-3-1-2-4-6;/h3-7H2,1-2H3;1-4H,5H2;1H. The van der Waals surface area contributed by atoms with Crippen LogP contribution in [0.15, 0.2) is 24.5 Å². The first-order chi connectivity index (χ1) is 6.31. The molecule has 0 amide bonds. The number of nitrogens with two attached hydrogens (primary N) is 1. The van der Waals surface area contributed by atoms with E-state index < -0.39 is 0 Å². The molecule has 0 aliphatic carbocycles. The molecule has 1 aromatic rings. The zero-order valence-corrected chi connectivity index (χ0v) is 10.1. The number of hydrogen-bond acceptors (Lipinski definition) is 1. The lowest BCUT2D eigenvalue weighted by atomic mass is 10.2. The van der Waals surface area contributed by atoms with E-state index in [0.717, 1.165) is 0 Å². The molecule has 0 bridgehead atoms. The highest BCUT2D eigenvalue weighted by molar-refractivity contribution is 5.85. The predicted molar refractivity (Wildman–Crippen MR) is 66.3 cm³/mol. The molecule has 0 unspecified atom stereocenters. The third-order valence-electron chi connectivity index (χ3n) is 1.83. The van der Waals surface area contributed by atoms with Crippen LogP contribution in [0.4, 0.5) is 0 Å². The molecule has 2 nitrogen and oxygen atoms in total.